The lowest BCUT2D eigenvalue weighted by Crippen LogP contribution is -2.54. The van der Waals surface area contributed by atoms with Gasteiger partial charge >= 0.3 is 6.09 Å². The van der Waals surface area contributed by atoms with Crippen LogP contribution in [0.5, 0.6) is 5.75 Å². The Labute approximate surface area is 231 Å². The van der Waals surface area contributed by atoms with Crippen molar-refractivity contribution in [2.24, 2.45) is 11.8 Å². The summed E-state index contributed by atoms with van der Waals surface area (Å²) < 4.78 is 10.8. The van der Waals surface area contributed by atoms with E-state index in [0.717, 1.165) is 12.0 Å². The van der Waals surface area contributed by atoms with E-state index >= 15 is 0 Å². The number of nitrogens with one attached hydrogen (secondary N) is 2. The van der Waals surface area contributed by atoms with Gasteiger partial charge in [-0.1, -0.05) is 32.0 Å². The van der Waals surface area contributed by atoms with Crippen LogP contribution in [0.1, 0.15) is 65.9 Å². The quantitative estimate of drug-likeness (QED) is 0.520. The predicted molar refractivity (Wildman–Crippen MR) is 147 cm³/mol. The van der Waals surface area contributed by atoms with Crippen LogP contribution in [-0.2, 0) is 25.7 Å². The molecule has 2 saturated heterocycles. The van der Waals surface area contributed by atoms with Crippen molar-refractivity contribution in [3.63, 3.8) is 0 Å². The van der Waals surface area contributed by atoms with Crippen LogP contribution in [0.3, 0.4) is 0 Å². The van der Waals surface area contributed by atoms with Crippen LogP contribution < -0.4 is 15.4 Å². The largest absolute Gasteiger partial charge is 0.496 e. The Morgan fingerprint density at radius 3 is 2.31 bits per heavy atom. The molecule has 2 N–H and O–H groups in total. The Bertz CT molecular complexity index is 1030. The van der Waals surface area contributed by atoms with E-state index in [1.165, 1.54) is 4.90 Å². The predicted octanol–water partition coefficient (Wildman–Crippen LogP) is 3.09. The van der Waals surface area contributed by atoms with E-state index in [1.54, 1.807) is 12.0 Å². The van der Waals surface area contributed by atoms with Crippen molar-refractivity contribution in [3.8, 4) is 5.75 Å². The number of ether oxygens (including phenoxy) is 2. The van der Waals surface area contributed by atoms with Crippen molar-refractivity contribution in [2.75, 3.05) is 26.7 Å². The van der Waals surface area contributed by atoms with Crippen LogP contribution in [0, 0.1) is 11.8 Å². The molecule has 2 atom stereocenters. The Morgan fingerprint density at radius 2 is 1.69 bits per heavy atom. The molecule has 0 aromatic heterocycles. The zero-order valence-electron chi connectivity index (χ0n) is 24.1. The van der Waals surface area contributed by atoms with Crippen LogP contribution in [-0.4, -0.2) is 78.0 Å². The van der Waals surface area contributed by atoms with Gasteiger partial charge in [0.05, 0.1) is 7.11 Å². The summed E-state index contributed by atoms with van der Waals surface area (Å²) in [5.41, 5.74) is 0.227. The third kappa shape index (κ3) is 8.10. The first-order valence-corrected chi connectivity index (χ1v) is 13.9. The zero-order chi connectivity index (χ0) is 28.7. The van der Waals surface area contributed by atoms with Crippen molar-refractivity contribution < 1.29 is 28.7 Å². The number of para-hydroxylation sites is 1. The monoisotopic (exact) mass is 544 g/mol. The summed E-state index contributed by atoms with van der Waals surface area (Å²) in [6.45, 7) is 10.9. The van der Waals surface area contributed by atoms with Gasteiger partial charge in [0.2, 0.25) is 17.7 Å². The number of nitrogens with zero attached hydrogens (tertiary/aromatic N) is 2. The molecule has 3 rings (SSSR count). The fourth-order valence-corrected chi connectivity index (χ4v) is 5.08. The molecule has 0 aliphatic carbocycles. The summed E-state index contributed by atoms with van der Waals surface area (Å²) in [5.74, 6) is -0.216. The van der Waals surface area contributed by atoms with Gasteiger partial charge in [0.1, 0.15) is 23.4 Å². The second-order valence-corrected chi connectivity index (χ2v) is 11.7. The molecular weight excluding hydrogens is 500 g/mol. The maximum atomic E-state index is 13.3. The second-order valence-electron chi connectivity index (χ2n) is 11.7. The second kappa shape index (κ2) is 13.2. The van der Waals surface area contributed by atoms with Gasteiger partial charge in [0.15, 0.2) is 0 Å². The lowest BCUT2D eigenvalue weighted by Gasteiger charge is -2.36. The lowest BCUT2D eigenvalue weighted by atomic mass is 9.94. The Hall–Kier alpha value is -3.30. The summed E-state index contributed by atoms with van der Waals surface area (Å²) in [6, 6.07) is 6.27. The van der Waals surface area contributed by atoms with Crippen molar-refractivity contribution in [1.82, 2.24) is 20.4 Å². The topological polar surface area (TPSA) is 117 Å². The van der Waals surface area contributed by atoms with Gasteiger partial charge in [-0.05, 0) is 58.4 Å². The molecule has 2 aliphatic heterocycles. The molecule has 2 aliphatic rings. The summed E-state index contributed by atoms with van der Waals surface area (Å²) in [7, 11) is 1.58. The van der Waals surface area contributed by atoms with E-state index in [4.69, 9.17) is 9.47 Å². The number of benzene rings is 1. The van der Waals surface area contributed by atoms with Crippen LogP contribution in [0.2, 0.25) is 0 Å². The number of hydrogen-bond acceptors (Lipinski definition) is 6. The molecule has 0 saturated carbocycles. The maximum Gasteiger partial charge on any atom is 0.410 e. The molecule has 10 heteroatoms. The molecule has 0 bridgehead atoms. The smallest absolute Gasteiger partial charge is 0.410 e. The minimum Gasteiger partial charge on any atom is -0.496 e. The average Bonchev–Trinajstić information content (AvgIpc) is 3.39. The first-order chi connectivity index (χ1) is 18.4. The number of carbonyl (C=O) groups excluding carboxylic acids is 4. The molecule has 0 radical (unpaired) electrons. The molecule has 216 valence electrons. The average molecular weight is 545 g/mol. The van der Waals surface area contributed by atoms with Gasteiger partial charge in [0, 0.05) is 37.7 Å². The lowest BCUT2D eigenvalue weighted by molar-refractivity contribution is -0.140. The summed E-state index contributed by atoms with van der Waals surface area (Å²) in [5, 5.41) is 5.85. The highest BCUT2D eigenvalue weighted by Gasteiger charge is 2.40. The molecular formula is C29H44N4O6. The molecule has 2 heterocycles. The highest BCUT2D eigenvalue weighted by atomic mass is 16.6. The van der Waals surface area contributed by atoms with Gasteiger partial charge in [-0.15, -0.1) is 0 Å². The molecule has 2 fully saturated rings. The third-order valence-corrected chi connectivity index (χ3v) is 7.24. The van der Waals surface area contributed by atoms with Crippen molar-refractivity contribution in [3.05, 3.63) is 29.8 Å². The molecule has 1 aromatic carbocycles. The fraction of sp³-hybridized carbons (Fsp3) is 0.655. The van der Waals surface area contributed by atoms with E-state index in [2.05, 4.69) is 10.6 Å². The maximum absolute atomic E-state index is 13.3. The molecule has 39 heavy (non-hydrogen) atoms. The van der Waals surface area contributed by atoms with Gasteiger partial charge in [-0.3, -0.25) is 19.3 Å². The third-order valence-electron chi connectivity index (χ3n) is 7.24. The van der Waals surface area contributed by atoms with Gasteiger partial charge in [0.25, 0.3) is 0 Å². The van der Waals surface area contributed by atoms with Crippen LogP contribution in [0.25, 0.3) is 0 Å². The number of likely N-dealkylation sites (tertiary alicyclic amines) is 2. The van der Waals surface area contributed by atoms with E-state index in [9.17, 15) is 19.2 Å². The molecule has 1 unspecified atom stereocenters. The molecule has 1 aromatic rings. The first-order valence-electron chi connectivity index (χ1n) is 13.9. The molecule has 4 amide bonds. The number of amides is 4. The normalized spacial score (nSPS) is 19.0. The van der Waals surface area contributed by atoms with E-state index < -0.39 is 23.8 Å². The minimum atomic E-state index is -0.673. The Balaban J connectivity index is 1.52. The van der Waals surface area contributed by atoms with Crippen LogP contribution >= 0.6 is 0 Å². The van der Waals surface area contributed by atoms with Gasteiger partial charge in [-0.25, -0.2) is 4.79 Å². The van der Waals surface area contributed by atoms with Crippen LogP contribution in [0.4, 0.5) is 4.79 Å². The highest BCUT2D eigenvalue weighted by Crippen LogP contribution is 2.25. The zero-order valence-corrected chi connectivity index (χ0v) is 24.1. The molecule has 0 spiro atoms. The van der Waals surface area contributed by atoms with Crippen molar-refractivity contribution in [1.29, 1.82) is 0 Å². The van der Waals surface area contributed by atoms with Crippen molar-refractivity contribution in [2.45, 2.75) is 84.5 Å². The first kappa shape index (κ1) is 30.2. The van der Waals surface area contributed by atoms with Gasteiger partial charge < -0.3 is 25.0 Å². The SMILES string of the molecule is COc1ccccc1CNC(=O)[C@@H](NC(=O)C1CCN(C(=O)C2CCCN2C(=O)OC(C)(C)C)CC1)C(C)C. The number of piperidine rings is 1. The van der Waals surface area contributed by atoms with E-state index in [1.807, 2.05) is 58.9 Å². The standard InChI is InChI=1S/C29H44N4O6/c1-19(2)24(26(35)30-18-21-10-7-8-12-23(21)38-6)31-25(34)20-13-16-32(17-14-20)27(36)22-11-9-15-33(22)28(37)39-29(3,4)5/h7-8,10,12,19-20,22,24H,9,11,13-18H2,1-6H3,(H,30,35)(H,31,34)/t22?,24-/m0/s1. The van der Waals surface area contributed by atoms with Crippen molar-refractivity contribution >= 4 is 23.8 Å². The molecule has 10 nitrogen and oxygen atoms in total. The van der Waals surface area contributed by atoms with E-state index in [0.29, 0.717) is 51.2 Å². The summed E-state index contributed by atoms with van der Waals surface area (Å²) in [6.07, 6.45) is 1.91. The summed E-state index contributed by atoms with van der Waals surface area (Å²) in [4.78, 5) is 55.2. The van der Waals surface area contributed by atoms with Gasteiger partial charge in [-0.2, -0.15) is 0 Å². The van der Waals surface area contributed by atoms with E-state index in [-0.39, 0.29) is 29.6 Å². The number of rotatable bonds is 8. The minimum absolute atomic E-state index is 0.0898. The number of methoxy groups -OCH3 is 1. The Morgan fingerprint density at radius 1 is 1.03 bits per heavy atom. The van der Waals surface area contributed by atoms with Crippen LogP contribution in [0.15, 0.2) is 24.3 Å². The number of carbonyl (C=O) groups is 4. The Kier molecular flexibility index (Phi) is 10.2. The highest BCUT2D eigenvalue weighted by molar-refractivity contribution is 5.89. The number of hydrogen-bond donors (Lipinski definition) is 2. The fourth-order valence-electron chi connectivity index (χ4n) is 5.08. The summed E-state index contributed by atoms with van der Waals surface area (Å²) >= 11 is 0.